The number of benzene rings is 1. The minimum absolute atomic E-state index is 0. The van der Waals surface area contributed by atoms with Crippen molar-refractivity contribution in [2.45, 2.75) is 160 Å². The summed E-state index contributed by atoms with van der Waals surface area (Å²) in [6.07, 6.45) is 24.0. The van der Waals surface area contributed by atoms with Crippen molar-refractivity contribution in [2.75, 3.05) is 0 Å². The quantitative estimate of drug-likeness (QED) is 0.0841. The zero-order chi connectivity index (χ0) is 27.9. The Balaban J connectivity index is 0.00000760. The number of nitrogens with zero attached hydrogens (tertiary/aromatic N) is 2. The summed E-state index contributed by atoms with van der Waals surface area (Å²) in [7, 11) is -4.25. The molecular weight excluding hydrogens is 517 g/mol. The number of hydrogen-bond donors (Lipinski definition) is 2. The van der Waals surface area contributed by atoms with Crippen LogP contribution in [0.1, 0.15) is 142 Å². The van der Waals surface area contributed by atoms with Crippen molar-refractivity contribution in [1.82, 2.24) is 9.55 Å². The third-order valence-electron chi connectivity index (χ3n) is 8.06. The number of imidazole rings is 1. The van der Waals surface area contributed by atoms with E-state index in [-0.39, 0.29) is 40.0 Å². The number of fused-ring (bicyclic) bond motifs is 1. The molecule has 1 atom stereocenters. The topological polar surface area (TPSA) is 98.2 Å². The van der Waals surface area contributed by atoms with Crippen molar-refractivity contribution in [3.05, 3.63) is 24.0 Å². The summed E-state index contributed by atoms with van der Waals surface area (Å²) in [4.78, 5) is 4.64. The SMILES string of the molecule is CCCCCCCCCCCCCCCCCCn1c(CCC(C)(N)CC)nc2cc(S(=O)(=O)O)ccc21.[Na]. The van der Waals surface area contributed by atoms with Gasteiger partial charge in [0.15, 0.2) is 0 Å². The van der Waals surface area contributed by atoms with Crippen molar-refractivity contribution in [1.29, 1.82) is 0 Å². The van der Waals surface area contributed by atoms with Crippen LogP contribution in [-0.2, 0) is 23.1 Å². The van der Waals surface area contributed by atoms with Gasteiger partial charge in [-0.15, -0.1) is 0 Å². The summed E-state index contributed by atoms with van der Waals surface area (Å²) < 4.78 is 34.9. The second-order valence-corrected chi connectivity index (χ2v) is 13.0. The van der Waals surface area contributed by atoms with Crippen molar-refractivity contribution >= 4 is 50.7 Å². The van der Waals surface area contributed by atoms with Crippen LogP contribution in [-0.4, -0.2) is 57.6 Å². The molecule has 1 unspecified atom stereocenters. The van der Waals surface area contributed by atoms with Crippen molar-refractivity contribution in [3.8, 4) is 0 Å². The fourth-order valence-corrected chi connectivity index (χ4v) is 5.65. The zero-order valence-electron chi connectivity index (χ0n) is 25.5. The molecule has 0 aliphatic heterocycles. The van der Waals surface area contributed by atoms with E-state index in [0.29, 0.717) is 5.52 Å². The van der Waals surface area contributed by atoms with Crippen LogP contribution in [0.4, 0.5) is 0 Å². The standard InChI is InChI=1S/C31H55N3O3S.Na/c1-4-6-7-8-9-10-11-12-13-14-15-16-17-18-19-20-25-34-29-22-21-27(38(35,36)37)26-28(29)33-30(34)23-24-31(3,32)5-2;/h21-22,26H,4-20,23-25,32H2,1-3H3,(H,35,36,37);. The number of nitrogens with two attached hydrogens (primary N) is 1. The molecule has 1 aromatic heterocycles. The third-order valence-corrected chi connectivity index (χ3v) is 8.91. The summed E-state index contributed by atoms with van der Waals surface area (Å²) in [5.41, 5.74) is 7.66. The van der Waals surface area contributed by atoms with Crippen LogP contribution >= 0.6 is 0 Å². The van der Waals surface area contributed by atoms with E-state index in [0.717, 1.165) is 43.6 Å². The van der Waals surface area contributed by atoms with E-state index in [9.17, 15) is 13.0 Å². The summed E-state index contributed by atoms with van der Waals surface area (Å²) >= 11 is 0. The molecule has 2 aromatic rings. The van der Waals surface area contributed by atoms with Gasteiger partial charge in [0, 0.05) is 48.1 Å². The van der Waals surface area contributed by atoms with Crippen molar-refractivity contribution in [3.63, 3.8) is 0 Å². The molecule has 0 aliphatic carbocycles. The molecule has 39 heavy (non-hydrogen) atoms. The number of hydrogen-bond acceptors (Lipinski definition) is 4. The van der Waals surface area contributed by atoms with E-state index in [1.54, 1.807) is 6.07 Å². The molecule has 219 valence electrons. The molecule has 0 fully saturated rings. The molecule has 0 aliphatic rings. The molecule has 0 saturated carbocycles. The van der Waals surface area contributed by atoms with Gasteiger partial charge in [0.25, 0.3) is 10.1 Å². The predicted molar refractivity (Wildman–Crippen MR) is 166 cm³/mol. The molecule has 6 nitrogen and oxygen atoms in total. The first-order chi connectivity index (χ1) is 18.2. The number of aryl methyl sites for hydroxylation is 2. The Bertz CT molecular complexity index is 1040. The molecule has 0 spiro atoms. The minimum atomic E-state index is -4.25. The average molecular weight is 573 g/mol. The zero-order valence-corrected chi connectivity index (χ0v) is 28.3. The summed E-state index contributed by atoms with van der Waals surface area (Å²) in [6.45, 7) is 7.30. The number of rotatable bonds is 22. The van der Waals surface area contributed by atoms with Gasteiger partial charge in [-0.3, -0.25) is 4.55 Å². The van der Waals surface area contributed by atoms with Gasteiger partial charge in [0.2, 0.25) is 0 Å². The first kappa shape index (κ1) is 36.6. The van der Waals surface area contributed by atoms with Gasteiger partial charge in [0.1, 0.15) is 5.82 Å². The normalized spacial score (nSPS) is 13.5. The van der Waals surface area contributed by atoms with Crippen LogP contribution in [0.25, 0.3) is 11.0 Å². The summed E-state index contributed by atoms with van der Waals surface area (Å²) in [5, 5.41) is 0. The van der Waals surface area contributed by atoms with Crippen LogP contribution in [0.15, 0.2) is 23.1 Å². The molecule has 0 bridgehead atoms. The van der Waals surface area contributed by atoms with Gasteiger partial charge in [-0.25, -0.2) is 4.98 Å². The van der Waals surface area contributed by atoms with Gasteiger partial charge in [-0.05, 0) is 44.4 Å². The fraction of sp³-hybridized carbons (Fsp3) is 0.774. The van der Waals surface area contributed by atoms with Gasteiger partial charge in [-0.2, -0.15) is 8.42 Å². The second kappa shape index (κ2) is 19.6. The monoisotopic (exact) mass is 572 g/mol. The second-order valence-electron chi connectivity index (χ2n) is 11.6. The van der Waals surface area contributed by atoms with Crippen molar-refractivity contribution in [2.24, 2.45) is 5.73 Å². The van der Waals surface area contributed by atoms with E-state index in [2.05, 4.69) is 25.3 Å². The maximum atomic E-state index is 11.6. The first-order valence-corrected chi connectivity index (χ1v) is 16.9. The molecule has 1 aromatic carbocycles. The predicted octanol–water partition coefficient (Wildman–Crippen LogP) is 8.22. The fourth-order valence-electron chi connectivity index (χ4n) is 5.15. The maximum absolute atomic E-state index is 11.6. The van der Waals surface area contributed by atoms with E-state index >= 15 is 0 Å². The van der Waals surface area contributed by atoms with Gasteiger partial charge in [-0.1, -0.05) is 110 Å². The van der Waals surface area contributed by atoms with Crippen LogP contribution in [0.3, 0.4) is 0 Å². The molecular formula is C31H55N3NaO3S. The van der Waals surface area contributed by atoms with Gasteiger partial charge in [0.05, 0.1) is 15.9 Å². The maximum Gasteiger partial charge on any atom is 0.294 e. The van der Waals surface area contributed by atoms with E-state index in [4.69, 9.17) is 10.7 Å². The van der Waals surface area contributed by atoms with Crippen LogP contribution in [0.5, 0.6) is 0 Å². The molecule has 3 N–H and O–H groups in total. The number of unbranched alkanes of at least 4 members (excludes halogenated alkanes) is 15. The molecule has 0 amide bonds. The minimum Gasteiger partial charge on any atom is -0.328 e. The summed E-state index contributed by atoms with van der Waals surface area (Å²) in [6, 6.07) is 4.70. The smallest absolute Gasteiger partial charge is 0.294 e. The van der Waals surface area contributed by atoms with E-state index in [1.807, 2.05) is 0 Å². The van der Waals surface area contributed by atoms with Gasteiger partial charge < -0.3 is 10.3 Å². The Morgan fingerprint density at radius 1 is 0.846 bits per heavy atom. The van der Waals surface area contributed by atoms with Gasteiger partial charge >= 0.3 is 0 Å². The largest absolute Gasteiger partial charge is 0.328 e. The van der Waals surface area contributed by atoms with Crippen LogP contribution in [0, 0.1) is 0 Å². The Labute approximate surface area is 261 Å². The third kappa shape index (κ3) is 14.3. The van der Waals surface area contributed by atoms with Crippen LogP contribution < -0.4 is 5.73 Å². The first-order valence-electron chi connectivity index (χ1n) is 15.4. The van der Waals surface area contributed by atoms with E-state index in [1.165, 1.54) is 108 Å². The van der Waals surface area contributed by atoms with Crippen molar-refractivity contribution < 1.29 is 13.0 Å². The molecule has 8 heteroatoms. The molecule has 0 saturated heterocycles. The Morgan fingerprint density at radius 2 is 1.33 bits per heavy atom. The summed E-state index contributed by atoms with van der Waals surface area (Å²) in [5.74, 6) is 0.943. The number of aromatic nitrogens is 2. The molecule has 1 radical (unpaired) electrons. The molecule has 1 heterocycles. The average Bonchev–Trinajstić information content (AvgIpc) is 3.23. The van der Waals surface area contributed by atoms with Crippen LogP contribution in [0.2, 0.25) is 0 Å². The Hall–Kier alpha value is -0.440. The van der Waals surface area contributed by atoms with E-state index < -0.39 is 10.1 Å². The molecule has 2 rings (SSSR count). The Kier molecular flexibility index (Phi) is 18.4. The Morgan fingerprint density at radius 3 is 1.79 bits per heavy atom.